The molecule has 0 aliphatic carbocycles. The third-order valence-corrected chi connectivity index (χ3v) is 2.68. The monoisotopic (exact) mass is 220 g/mol. The molecule has 15 heavy (non-hydrogen) atoms. The van der Waals surface area contributed by atoms with Gasteiger partial charge >= 0.3 is 5.97 Å². The third kappa shape index (κ3) is 2.02. The molecule has 0 atom stereocenters. The van der Waals surface area contributed by atoms with Crippen LogP contribution in [-0.2, 0) is 0 Å². The Morgan fingerprint density at radius 1 is 1.47 bits per heavy atom. The molecule has 0 radical (unpaired) electrons. The number of aryl methyl sites for hydroxylation is 1. The first-order valence-corrected chi connectivity index (χ1v) is 5.17. The molecule has 2 aromatic rings. The summed E-state index contributed by atoms with van der Waals surface area (Å²) in [7, 11) is 0. The Bertz CT molecular complexity index is 494. The predicted molar refractivity (Wildman–Crippen MR) is 57.0 cm³/mol. The Labute approximate surface area is 90.3 Å². The molecular weight excluding hydrogens is 212 g/mol. The maximum atomic E-state index is 10.8. The van der Waals surface area contributed by atoms with Crippen molar-refractivity contribution in [2.75, 3.05) is 0 Å². The number of carboxylic acids is 1. The number of aromatic carboxylic acids is 1. The molecule has 0 unspecified atom stereocenters. The lowest BCUT2D eigenvalue weighted by molar-refractivity contribution is 0.0690. The van der Waals surface area contributed by atoms with Crippen molar-refractivity contribution in [1.82, 2.24) is 9.97 Å². The quantitative estimate of drug-likeness (QED) is 0.842. The Morgan fingerprint density at radius 2 is 2.27 bits per heavy atom. The van der Waals surface area contributed by atoms with Gasteiger partial charge in [0.1, 0.15) is 0 Å². The van der Waals surface area contributed by atoms with Crippen LogP contribution in [-0.4, -0.2) is 21.0 Å². The van der Waals surface area contributed by atoms with E-state index in [1.54, 1.807) is 6.92 Å². The summed E-state index contributed by atoms with van der Waals surface area (Å²) in [5.74, 6) is -0.555. The van der Waals surface area contributed by atoms with Crippen LogP contribution in [0.25, 0.3) is 10.7 Å². The summed E-state index contributed by atoms with van der Waals surface area (Å²) in [6, 6.07) is 5.21. The van der Waals surface area contributed by atoms with Gasteiger partial charge in [0.05, 0.1) is 4.88 Å². The number of carboxylic acid groups (broad SMARTS) is 1. The van der Waals surface area contributed by atoms with Crippen molar-refractivity contribution in [3.8, 4) is 10.7 Å². The minimum absolute atomic E-state index is 0.0332. The van der Waals surface area contributed by atoms with E-state index in [2.05, 4.69) is 9.97 Å². The summed E-state index contributed by atoms with van der Waals surface area (Å²) in [6.07, 6.45) is 0. The fourth-order valence-corrected chi connectivity index (χ4v) is 1.85. The molecule has 5 heteroatoms. The van der Waals surface area contributed by atoms with Gasteiger partial charge < -0.3 is 5.11 Å². The van der Waals surface area contributed by atoms with E-state index in [9.17, 15) is 4.79 Å². The van der Waals surface area contributed by atoms with Gasteiger partial charge in [-0.25, -0.2) is 14.8 Å². The van der Waals surface area contributed by atoms with Gasteiger partial charge in [0, 0.05) is 5.69 Å². The number of rotatable bonds is 2. The van der Waals surface area contributed by atoms with Crippen molar-refractivity contribution in [3.05, 3.63) is 35.0 Å². The Balaban J connectivity index is 2.54. The van der Waals surface area contributed by atoms with Gasteiger partial charge in [-0.3, -0.25) is 0 Å². The van der Waals surface area contributed by atoms with Crippen molar-refractivity contribution in [2.24, 2.45) is 0 Å². The number of carbonyl (C=O) groups is 1. The van der Waals surface area contributed by atoms with Crippen LogP contribution in [0.5, 0.6) is 0 Å². The maximum absolute atomic E-state index is 10.8. The van der Waals surface area contributed by atoms with Gasteiger partial charge in [-0.1, -0.05) is 6.07 Å². The molecule has 0 aliphatic rings. The number of thiophene rings is 1. The van der Waals surface area contributed by atoms with Crippen molar-refractivity contribution >= 4 is 17.3 Å². The maximum Gasteiger partial charge on any atom is 0.354 e. The van der Waals surface area contributed by atoms with Crippen molar-refractivity contribution in [2.45, 2.75) is 6.92 Å². The molecule has 2 heterocycles. The lowest BCUT2D eigenvalue weighted by atomic mass is 10.3. The second-order valence-electron chi connectivity index (χ2n) is 3.00. The molecule has 4 nitrogen and oxygen atoms in total. The SMILES string of the molecule is Cc1cc(C(=O)O)nc(-c2cccs2)n1. The van der Waals surface area contributed by atoms with Gasteiger partial charge in [-0.05, 0) is 24.4 Å². The van der Waals surface area contributed by atoms with E-state index in [4.69, 9.17) is 5.11 Å². The largest absolute Gasteiger partial charge is 0.477 e. The molecule has 0 spiro atoms. The van der Waals surface area contributed by atoms with Crippen LogP contribution in [0.3, 0.4) is 0 Å². The fourth-order valence-electron chi connectivity index (χ4n) is 1.19. The summed E-state index contributed by atoms with van der Waals surface area (Å²) in [5, 5.41) is 10.7. The smallest absolute Gasteiger partial charge is 0.354 e. The van der Waals surface area contributed by atoms with Crippen molar-refractivity contribution < 1.29 is 9.90 Å². The van der Waals surface area contributed by atoms with E-state index >= 15 is 0 Å². The van der Waals surface area contributed by atoms with Crippen molar-refractivity contribution in [1.29, 1.82) is 0 Å². The van der Waals surface area contributed by atoms with Gasteiger partial charge in [-0.15, -0.1) is 11.3 Å². The van der Waals surface area contributed by atoms with Crippen LogP contribution >= 0.6 is 11.3 Å². The van der Waals surface area contributed by atoms with Crippen molar-refractivity contribution in [3.63, 3.8) is 0 Å². The van der Waals surface area contributed by atoms with Gasteiger partial charge in [-0.2, -0.15) is 0 Å². The summed E-state index contributed by atoms with van der Waals surface area (Å²) in [5.41, 5.74) is 0.691. The molecule has 0 amide bonds. The van der Waals surface area contributed by atoms with E-state index in [1.165, 1.54) is 17.4 Å². The third-order valence-electron chi connectivity index (χ3n) is 1.81. The minimum atomic E-state index is -1.03. The summed E-state index contributed by atoms with van der Waals surface area (Å²) in [6.45, 7) is 1.76. The van der Waals surface area contributed by atoms with E-state index in [-0.39, 0.29) is 5.69 Å². The van der Waals surface area contributed by atoms with Crippen LogP contribution in [0, 0.1) is 6.92 Å². The summed E-state index contributed by atoms with van der Waals surface area (Å²) < 4.78 is 0. The van der Waals surface area contributed by atoms with E-state index in [0.29, 0.717) is 11.5 Å². The first-order chi connectivity index (χ1) is 7.16. The Kier molecular flexibility index (Phi) is 2.47. The Hall–Kier alpha value is -1.75. The van der Waals surface area contributed by atoms with E-state index < -0.39 is 5.97 Å². The number of hydrogen-bond acceptors (Lipinski definition) is 4. The summed E-state index contributed by atoms with van der Waals surface area (Å²) in [4.78, 5) is 19.8. The lowest BCUT2D eigenvalue weighted by Crippen LogP contribution is -2.03. The zero-order valence-corrected chi connectivity index (χ0v) is 8.78. The molecule has 1 N–H and O–H groups in total. The summed E-state index contributed by atoms with van der Waals surface area (Å²) >= 11 is 1.49. The molecule has 0 saturated carbocycles. The average molecular weight is 220 g/mol. The van der Waals surface area contributed by atoms with E-state index in [0.717, 1.165) is 4.88 Å². The molecule has 0 aliphatic heterocycles. The molecule has 0 aromatic carbocycles. The van der Waals surface area contributed by atoms with Crippen LogP contribution in [0.15, 0.2) is 23.6 Å². The number of hydrogen-bond donors (Lipinski definition) is 1. The van der Waals surface area contributed by atoms with Crippen LogP contribution in [0.4, 0.5) is 0 Å². The molecule has 0 saturated heterocycles. The molecule has 2 rings (SSSR count). The highest BCUT2D eigenvalue weighted by Crippen LogP contribution is 2.21. The normalized spacial score (nSPS) is 10.2. The zero-order chi connectivity index (χ0) is 10.8. The minimum Gasteiger partial charge on any atom is -0.477 e. The van der Waals surface area contributed by atoms with Crippen LogP contribution < -0.4 is 0 Å². The highest BCUT2D eigenvalue weighted by atomic mass is 32.1. The molecule has 0 bridgehead atoms. The predicted octanol–water partition coefficient (Wildman–Crippen LogP) is 2.21. The van der Waals surface area contributed by atoms with Gasteiger partial charge in [0.25, 0.3) is 0 Å². The average Bonchev–Trinajstić information content (AvgIpc) is 2.69. The molecule has 76 valence electrons. The molecule has 2 aromatic heterocycles. The topological polar surface area (TPSA) is 63.1 Å². The van der Waals surface area contributed by atoms with Gasteiger partial charge in [0.2, 0.25) is 0 Å². The standard InChI is InChI=1S/C10H8N2O2S/c1-6-5-7(10(13)14)12-9(11-6)8-3-2-4-15-8/h2-5H,1H3,(H,13,14). The Morgan fingerprint density at radius 3 is 2.87 bits per heavy atom. The first kappa shape index (κ1) is 9.79. The molecule has 0 fully saturated rings. The second kappa shape index (κ2) is 3.78. The van der Waals surface area contributed by atoms with Crippen LogP contribution in [0.1, 0.15) is 16.2 Å². The van der Waals surface area contributed by atoms with Gasteiger partial charge in [0.15, 0.2) is 11.5 Å². The highest BCUT2D eigenvalue weighted by Gasteiger charge is 2.10. The zero-order valence-electron chi connectivity index (χ0n) is 7.97. The molecular formula is C10H8N2O2S. The number of aromatic nitrogens is 2. The number of nitrogens with zero attached hydrogens (tertiary/aromatic N) is 2. The van der Waals surface area contributed by atoms with E-state index in [1.807, 2.05) is 17.5 Å². The van der Waals surface area contributed by atoms with Crippen LogP contribution in [0.2, 0.25) is 0 Å². The second-order valence-corrected chi connectivity index (χ2v) is 3.95. The highest BCUT2D eigenvalue weighted by molar-refractivity contribution is 7.13. The first-order valence-electron chi connectivity index (χ1n) is 4.29. The fraction of sp³-hybridized carbons (Fsp3) is 0.100. The lowest BCUT2D eigenvalue weighted by Gasteiger charge is -2.00.